The standard InChI is InChI=1S/C32H22F6N2/c33-31(34,35)23-20-24(32(36,37)38)22-30(21-23)40(27-14-8-3-9-15-27)29-18-16-28(17-19-29)39(25-10-4-1-5-11-25)26-12-6-2-7-13-26/h1-22H. The highest BCUT2D eigenvalue weighted by atomic mass is 19.4. The highest BCUT2D eigenvalue weighted by Gasteiger charge is 2.37. The van der Waals surface area contributed by atoms with Crippen molar-refractivity contribution in [3.63, 3.8) is 0 Å². The third-order valence-electron chi connectivity index (χ3n) is 6.24. The average Bonchev–Trinajstić information content (AvgIpc) is 2.95. The summed E-state index contributed by atoms with van der Waals surface area (Å²) >= 11 is 0. The Morgan fingerprint density at radius 3 is 0.900 bits per heavy atom. The van der Waals surface area contributed by atoms with Gasteiger partial charge in [0.15, 0.2) is 0 Å². The van der Waals surface area contributed by atoms with Crippen LogP contribution in [0.25, 0.3) is 0 Å². The fourth-order valence-electron chi connectivity index (χ4n) is 4.44. The molecular weight excluding hydrogens is 526 g/mol. The quantitative estimate of drug-likeness (QED) is 0.195. The maximum Gasteiger partial charge on any atom is 0.416 e. The molecule has 0 aliphatic carbocycles. The molecule has 5 aromatic rings. The highest BCUT2D eigenvalue weighted by Crippen LogP contribution is 2.43. The third kappa shape index (κ3) is 5.81. The molecule has 0 aromatic heterocycles. The van der Waals surface area contributed by atoms with Crippen LogP contribution in [0.3, 0.4) is 0 Å². The van der Waals surface area contributed by atoms with Gasteiger partial charge in [0, 0.05) is 34.1 Å². The van der Waals surface area contributed by atoms with Crippen molar-refractivity contribution in [3.05, 3.63) is 145 Å². The van der Waals surface area contributed by atoms with Crippen LogP contribution in [0.15, 0.2) is 133 Å². The van der Waals surface area contributed by atoms with Gasteiger partial charge >= 0.3 is 12.4 Å². The zero-order chi connectivity index (χ0) is 28.3. The molecule has 0 aliphatic rings. The molecule has 0 atom stereocenters. The molecule has 8 heteroatoms. The lowest BCUT2D eigenvalue weighted by molar-refractivity contribution is -0.143. The lowest BCUT2D eigenvalue weighted by atomic mass is 10.1. The summed E-state index contributed by atoms with van der Waals surface area (Å²) in [6.07, 6.45) is -9.93. The molecule has 0 unspecified atom stereocenters. The molecule has 0 bridgehead atoms. The number of hydrogen-bond donors (Lipinski definition) is 0. The molecule has 0 saturated heterocycles. The van der Waals surface area contributed by atoms with Gasteiger partial charge in [-0.25, -0.2) is 0 Å². The van der Waals surface area contributed by atoms with Crippen molar-refractivity contribution in [2.24, 2.45) is 0 Å². The van der Waals surface area contributed by atoms with E-state index in [9.17, 15) is 26.3 Å². The smallest absolute Gasteiger partial charge is 0.311 e. The van der Waals surface area contributed by atoms with Gasteiger partial charge < -0.3 is 9.80 Å². The minimum Gasteiger partial charge on any atom is -0.311 e. The lowest BCUT2D eigenvalue weighted by Gasteiger charge is -2.29. The van der Waals surface area contributed by atoms with E-state index in [1.165, 1.54) is 4.90 Å². The Hall–Kier alpha value is -4.72. The molecule has 202 valence electrons. The van der Waals surface area contributed by atoms with E-state index in [0.29, 0.717) is 11.4 Å². The predicted molar refractivity (Wildman–Crippen MR) is 146 cm³/mol. The topological polar surface area (TPSA) is 6.48 Å². The summed E-state index contributed by atoms with van der Waals surface area (Å²) in [5.41, 5.74) is 0.305. The minimum atomic E-state index is -4.96. The maximum absolute atomic E-state index is 13.7. The Bertz CT molecular complexity index is 1480. The summed E-state index contributed by atoms with van der Waals surface area (Å²) in [6, 6.07) is 36.0. The zero-order valence-electron chi connectivity index (χ0n) is 20.9. The Kier molecular flexibility index (Phi) is 7.26. The molecule has 0 aliphatic heterocycles. The maximum atomic E-state index is 13.7. The van der Waals surface area contributed by atoms with Crippen LogP contribution >= 0.6 is 0 Å². The number of rotatable bonds is 6. The summed E-state index contributed by atoms with van der Waals surface area (Å²) in [4.78, 5) is 3.38. The van der Waals surface area contributed by atoms with E-state index >= 15 is 0 Å². The van der Waals surface area contributed by atoms with E-state index in [0.717, 1.165) is 29.2 Å². The first-order valence-corrected chi connectivity index (χ1v) is 12.3. The first-order chi connectivity index (χ1) is 19.1. The fourth-order valence-corrected chi connectivity index (χ4v) is 4.44. The molecule has 2 nitrogen and oxygen atoms in total. The van der Waals surface area contributed by atoms with Crippen molar-refractivity contribution in [3.8, 4) is 0 Å². The molecular formula is C32H22F6N2. The fraction of sp³-hybridized carbons (Fsp3) is 0.0625. The molecule has 0 saturated carbocycles. The minimum absolute atomic E-state index is 0.132. The van der Waals surface area contributed by atoms with E-state index in [-0.39, 0.29) is 11.8 Å². The van der Waals surface area contributed by atoms with Crippen LogP contribution in [0.4, 0.5) is 60.5 Å². The van der Waals surface area contributed by atoms with Crippen molar-refractivity contribution >= 4 is 34.1 Å². The van der Waals surface area contributed by atoms with Crippen LogP contribution in [-0.4, -0.2) is 0 Å². The van der Waals surface area contributed by atoms with Gasteiger partial charge in [-0.15, -0.1) is 0 Å². The van der Waals surface area contributed by atoms with E-state index in [2.05, 4.69) is 0 Å². The van der Waals surface area contributed by atoms with Gasteiger partial charge in [-0.3, -0.25) is 0 Å². The molecule has 5 rings (SSSR count). The van der Waals surface area contributed by atoms with Crippen molar-refractivity contribution in [1.29, 1.82) is 0 Å². The van der Waals surface area contributed by atoms with Gasteiger partial charge in [-0.2, -0.15) is 26.3 Å². The van der Waals surface area contributed by atoms with E-state index in [1.54, 1.807) is 54.6 Å². The number of hydrogen-bond acceptors (Lipinski definition) is 2. The molecule has 0 spiro atoms. The summed E-state index contributed by atoms with van der Waals surface area (Å²) in [5.74, 6) is 0. The second-order valence-electron chi connectivity index (χ2n) is 8.96. The van der Waals surface area contributed by atoms with Gasteiger partial charge in [0.2, 0.25) is 0 Å². The van der Waals surface area contributed by atoms with Crippen LogP contribution in [0.2, 0.25) is 0 Å². The highest BCUT2D eigenvalue weighted by molar-refractivity contribution is 5.81. The second kappa shape index (κ2) is 10.8. The number of nitrogens with zero attached hydrogens (tertiary/aromatic N) is 2. The third-order valence-corrected chi connectivity index (χ3v) is 6.24. The SMILES string of the molecule is FC(F)(F)c1cc(N(c2ccccc2)c2ccc(N(c3ccccc3)c3ccccc3)cc2)cc(C(F)(F)F)c1. The summed E-state index contributed by atoms with van der Waals surface area (Å²) in [7, 11) is 0. The molecule has 0 heterocycles. The number of para-hydroxylation sites is 3. The zero-order valence-corrected chi connectivity index (χ0v) is 20.9. The summed E-state index contributed by atoms with van der Waals surface area (Å²) in [6.45, 7) is 0. The number of alkyl halides is 6. The molecule has 40 heavy (non-hydrogen) atoms. The number of benzene rings is 5. The van der Waals surface area contributed by atoms with Gasteiger partial charge in [0.25, 0.3) is 0 Å². The Morgan fingerprint density at radius 1 is 0.325 bits per heavy atom. The largest absolute Gasteiger partial charge is 0.416 e. The van der Waals surface area contributed by atoms with E-state index in [1.807, 2.05) is 65.6 Å². The summed E-state index contributed by atoms with van der Waals surface area (Å²) < 4.78 is 82.1. The molecule has 0 amide bonds. The van der Waals surface area contributed by atoms with Crippen LogP contribution in [0.1, 0.15) is 11.1 Å². The van der Waals surface area contributed by atoms with Crippen LogP contribution in [0.5, 0.6) is 0 Å². The number of anilines is 6. The van der Waals surface area contributed by atoms with Gasteiger partial charge in [0.05, 0.1) is 11.1 Å². The molecule has 0 fully saturated rings. The van der Waals surface area contributed by atoms with E-state index < -0.39 is 23.5 Å². The first kappa shape index (κ1) is 26.9. The number of halogens is 6. The molecule has 5 aromatic carbocycles. The lowest BCUT2D eigenvalue weighted by Crippen LogP contribution is -2.16. The van der Waals surface area contributed by atoms with Crippen molar-refractivity contribution in [2.75, 3.05) is 9.80 Å². The van der Waals surface area contributed by atoms with Crippen LogP contribution in [0, 0.1) is 0 Å². The van der Waals surface area contributed by atoms with Crippen molar-refractivity contribution in [1.82, 2.24) is 0 Å². The van der Waals surface area contributed by atoms with Crippen molar-refractivity contribution in [2.45, 2.75) is 12.4 Å². The second-order valence-corrected chi connectivity index (χ2v) is 8.96. The van der Waals surface area contributed by atoms with Crippen LogP contribution < -0.4 is 9.80 Å². The molecule has 0 radical (unpaired) electrons. The van der Waals surface area contributed by atoms with Gasteiger partial charge in [-0.05, 0) is 78.9 Å². The van der Waals surface area contributed by atoms with Crippen molar-refractivity contribution < 1.29 is 26.3 Å². The Balaban J connectivity index is 1.64. The Morgan fingerprint density at radius 2 is 0.600 bits per heavy atom. The molecule has 0 N–H and O–H groups in total. The summed E-state index contributed by atoms with van der Waals surface area (Å²) in [5, 5.41) is 0. The Labute approximate surface area is 227 Å². The van der Waals surface area contributed by atoms with Crippen LogP contribution in [-0.2, 0) is 12.4 Å². The monoisotopic (exact) mass is 548 g/mol. The first-order valence-electron chi connectivity index (χ1n) is 12.3. The normalized spacial score (nSPS) is 11.8. The van der Waals surface area contributed by atoms with Gasteiger partial charge in [-0.1, -0.05) is 54.6 Å². The predicted octanol–water partition coefficient (Wildman–Crippen LogP) is 10.7. The van der Waals surface area contributed by atoms with Gasteiger partial charge in [0.1, 0.15) is 0 Å². The average molecular weight is 549 g/mol. The van der Waals surface area contributed by atoms with E-state index in [4.69, 9.17) is 0 Å².